The molecule has 2 amide bonds. The van der Waals surface area contributed by atoms with E-state index in [0.29, 0.717) is 43.4 Å². The molecule has 1 aromatic heterocycles. The van der Waals surface area contributed by atoms with E-state index in [0.717, 1.165) is 36.8 Å². The van der Waals surface area contributed by atoms with Crippen molar-refractivity contribution in [2.24, 2.45) is 0 Å². The molecule has 3 N–H and O–H groups in total. The number of morpholine rings is 1. The van der Waals surface area contributed by atoms with Crippen LogP contribution in [0.15, 0.2) is 60.8 Å². The molecule has 3 heterocycles. The fourth-order valence-corrected chi connectivity index (χ4v) is 4.40. The SMILES string of the molecule is CC(=O)c1ccc(NC(=O)N2CCN(c3ccnc(Nc4ccc(C5CNCCO5)cc4)n3)CC2)cc1. The maximum absolute atomic E-state index is 12.7. The molecule has 0 aliphatic carbocycles. The van der Waals surface area contributed by atoms with Crippen LogP contribution in [0.3, 0.4) is 0 Å². The third-order valence-corrected chi connectivity index (χ3v) is 6.54. The number of carbonyl (C=O) groups excluding carboxylic acids is 2. The van der Waals surface area contributed by atoms with Crippen molar-refractivity contribution in [3.05, 3.63) is 71.9 Å². The number of benzene rings is 2. The predicted octanol–water partition coefficient (Wildman–Crippen LogP) is 3.44. The van der Waals surface area contributed by atoms with E-state index >= 15 is 0 Å². The van der Waals surface area contributed by atoms with Crippen molar-refractivity contribution >= 4 is 35.0 Å². The lowest BCUT2D eigenvalue weighted by Crippen LogP contribution is -2.50. The summed E-state index contributed by atoms with van der Waals surface area (Å²) >= 11 is 0. The minimum Gasteiger partial charge on any atom is -0.371 e. The van der Waals surface area contributed by atoms with Crippen molar-refractivity contribution in [1.82, 2.24) is 20.2 Å². The Kier molecular flexibility index (Phi) is 7.57. The van der Waals surface area contributed by atoms with Crippen LogP contribution in [0.25, 0.3) is 0 Å². The fourth-order valence-electron chi connectivity index (χ4n) is 4.40. The van der Waals surface area contributed by atoms with Crippen LogP contribution in [0.2, 0.25) is 0 Å². The van der Waals surface area contributed by atoms with Crippen molar-refractivity contribution in [2.45, 2.75) is 13.0 Å². The molecule has 0 bridgehead atoms. The van der Waals surface area contributed by atoms with E-state index in [9.17, 15) is 9.59 Å². The Hall–Kier alpha value is -4.02. The number of nitrogens with one attached hydrogen (secondary N) is 3. The van der Waals surface area contributed by atoms with Gasteiger partial charge in [-0.05, 0) is 55.0 Å². The fraction of sp³-hybridized carbons (Fsp3) is 0.333. The first-order valence-corrected chi connectivity index (χ1v) is 12.5. The summed E-state index contributed by atoms with van der Waals surface area (Å²) in [7, 11) is 0. The molecule has 192 valence electrons. The first-order chi connectivity index (χ1) is 18.0. The summed E-state index contributed by atoms with van der Waals surface area (Å²) in [5.74, 6) is 1.34. The summed E-state index contributed by atoms with van der Waals surface area (Å²) in [6, 6.07) is 16.8. The van der Waals surface area contributed by atoms with E-state index in [1.165, 1.54) is 6.92 Å². The number of urea groups is 1. The number of anilines is 4. The molecule has 0 spiro atoms. The number of hydrogen-bond acceptors (Lipinski definition) is 8. The van der Waals surface area contributed by atoms with Crippen LogP contribution in [-0.2, 0) is 4.74 Å². The van der Waals surface area contributed by atoms with Gasteiger partial charge in [0.25, 0.3) is 0 Å². The zero-order chi connectivity index (χ0) is 25.6. The Morgan fingerprint density at radius 1 is 0.973 bits per heavy atom. The first-order valence-electron chi connectivity index (χ1n) is 12.5. The average Bonchev–Trinajstić information content (AvgIpc) is 2.94. The summed E-state index contributed by atoms with van der Waals surface area (Å²) in [6.45, 7) is 6.43. The van der Waals surface area contributed by atoms with E-state index in [1.807, 2.05) is 18.2 Å². The third kappa shape index (κ3) is 6.22. The monoisotopic (exact) mass is 501 g/mol. The molecule has 2 aromatic carbocycles. The molecule has 37 heavy (non-hydrogen) atoms. The molecule has 3 aromatic rings. The van der Waals surface area contributed by atoms with Crippen molar-refractivity contribution in [3.8, 4) is 0 Å². The van der Waals surface area contributed by atoms with Gasteiger partial charge in [-0.25, -0.2) is 9.78 Å². The topological polar surface area (TPSA) is 112 Å². The zero-order valence-electron chi connectivity index (χ0n) is 20.8. The van der Waals surface area contributed by atoms with Crippen LogP contribution in [0.1, 0.15) is 28.9 Å². The lowest BCUT2D eigenvalue weighted by atomic mass is 10.1. The summed E-state index contributed by atoms with van der Waals surface area (Å²) in [6.07, 6.45) is 1.82. The number of ether oxygens (including phenoxy) is 1. The first kappa shape index (κ1) is 24.7. The van der Waals surface area contributed by atoms with Crippen molar-refractivity contribution < 1.29 is 14.3 Å². The van der Waals surface area contributed by atoms with Gasteiger partial charge in [0.2, 0.25) is 5.95 Å². The highest BCUT2D eigenvalue weighted by Gasteiger charge is 2.22. The summed E-state index contributed by atoms with van der Waals surface area (Å²) in [4.78, 5) is 37.1. The number of nitrogens with zero attached hydrogens (tertiary/aromatic N) is 4. The third-order valence-electron chi connectivity index (χ3n) is 6.54. The van der Waals surface area contributed by atoms with Crippen LogP contribution < -0.4 is 20.9 Å². The van der Waals surface area contributed by atoms with Crippen molar-refractivity contribution in [2.75, 3.05) is 61.4 Å². The predicted molar refractivity (Wildman–Crippen MR) is 143 cm³/mol. The number of carbonyl (C=O) groups is 2. The van der Waals surface area contributed by atoms with Gasteiger partial charge in [-0.15, -0.1) is 0 Å². The molecule has 2 fully saturated rings. The summed E-state index contributed by atoms with van der Waals surface area (Å²) in [5, 5.41) is 9.53. The normalized spacial score (nSPS) is 17.8. The van der Waals surface area contributed by atoms with E-state index in [4.69, 9.17) is 4.74 Å². The molecular weight excluding hydrogens is 470 g/mol. The maximum atomic E-state index is 12.7. The molecule has 2 saturated heterocycles. The molecule has 0 saturated carbocycles. The lowest BCUT2D eigenvalue weighted by Gasteiger charge is -2.35. The molecule has 1 atom stereocenters. The molecule has 1 unspecified atom stereocenters. The number of piperazine rings is 1. The number of hydrogen-bond donors (Lipinski definition) is 3. The highest BCUT2D eigenvalue weighted by molar-refractivity contribution is 5.95. The van der Waals surface area contributed by atoms with Gasteiger partial charge in [0.15, 0.2) is 5.78 Å². The molecule has 0 radical (unpaired) electrons. The number of ketones is 1. The number of Topliss-reactive ketones (excluding diaryl/α,β-unsaturated/α-hetero) is 1. The standard InChI is InChI=1S/C27H31N7O3/c1-19(35)20-2-6-23(7-3-20)31-27(36)34-15-13-33(14-16-34)25-10-11-29-26(32-25)30-22-8-4-21(5-9-22)24-18-28-12-17-37-24/h2-11,24,28H,12-18H2,1H3,(H,31,36)(H,29,30,32). The minimum atomic E-state index is -0.155. The number of amides is 2. The van der Waals surface area contributed by atoms with Crippen LogP contribution >= 0.6 is 0 Å². The second-order valence-corrected chi connectivity index (χ2v) is 9.09. The van der Waals surface area contributed by atoms with E-state index in [1.54, 1.807) is 35.4 Å². The van der Waals surface area contributed by atoms with Gasteiger partial charge in [-0.2, -0.15) is 4.98 Å². The van der Waals surface area contributed by atoms with Crippen molar-refractivity contribution in [3.63, 3.8) is 0 Å². The second kappa shape index (κ2) is 11.4. The molecular formula is C27H31N7O3. The van der Waals surface area contributed by atoms with Gasteiger partial charge < -0.3 is 30.5 Å². The summed E-state index contributed by atoms with van der Waals surface area (Å²) < 4.78 is 5.82. The van der Waals surface area contributed by atoms with Crippen LogP contribution in [-0.4, -0.2) is 72.6 Å². The van der Waals surface area contributed by atoms with E-state index in [2.05, 4.69) is 43.0 Å². The van der Waals surface area contributed by atoms with Crippen LogP contribution in [0.4, 0.5) is 27.9 Å². The smallest absolute Gasteiger partial charge is 0.321 e. The highest BCUT2D eigenvalue weighted by Crippen LogP contribution is 2.23. The van der Waals surface area contributed by atoms with Crippen molar-refractivity contribution in [1.29, 1.82) is 0 Å². The Bertz CT molecular complexity index is 1220. The summed E-state index contributed by atoms with van der Waals surface area (Å²) in [5.41, 5.74) is 3.33. The Morgan fingerprint density at radius 2 is 1.70 bits per heavy atom. The molecule has 2 aliphatic rings. The number of aromatic nitrogens is 2. The van der Waals surface area contributed by atoms with Gasteiger partial charge >= 0.3 is 6.03 Å². The number of rotatable bonds is 6. The van der Waals surface area contributed by atoms with Gasteiger partial charge in [-0.1, -0.05) is 12.1 Å². The van der Waals surface area contributed by atoms with Gasteiger partial charge in [0, 0.05) is 62.4 Å². The average molecular weight is 502 g/mol. The zero-order valence-corrected chi connectivity index (χ0v) is 20.8. The van der Waals surface area contributed by atoms with Gasteiger partial charge in [0.1, 0.15) is 5.82 Å². The molecule has 10 nitrogen and oxygen atoms in total. The van der Waals surface area contributed by atoms with Crippen LogP contribution in [0.5, 0.6) is 0 Å². The van der Waals surface area contributed by atoms with E-state index < -0.39 is 0 Å². The van der Waals surface area contributed by atoms with Gasteiger partial charge in [-0.3, -0.25) is 4.79 Å². The van der Waals surface area contributed by atoms with E-state index in [-0.39, 0.29) is 17.9 Å². The Morgan fingerprint density at radius 3 is 2.38 bits per heavy atom. The van der Waals surface area contributed by atoms with Crippen LogP contribution in [0, 0.1) is 0 Å². The maximum Gasteiger partial charge on any atom is 0.321 e. The lowest BCUT2D eigenvalue weighted by molar-refractivity contribution is 0.0277. The molecule has 10 heteroatoms. The Labute approximate surface area is 216 Å². The molecule has 2 aliphatic heterocycles. The minimum absolute atomic E-state index is 0.00230. The second-order valence-electron chi connectivity index (χ2n) is 9.09. The largest absolute Gasteiger partial charge is 0.371 e. The Balaban J connectivity index is 1.14. The highest BCUT2D eigenvalue weighted by atomic mass is 16.5. The van der Waals surface area contributed by atoms with Gasteiger partial charge in [0.05, 0.1) is 12.7 Å². The quantitative estimate of drug-likeness (QED) is 0.441. The molecule has 5 rings (SSSR count).